The molecule has 0 saturated heterocycles. The van der Waals surface area contributed by atoms with Crippen molar-refractivity contribution < 1.29 is 8.78 Å². The van der Waals surface area contributed by atoms with Gasteiger partial charge in [-0.15, -0.1) is 0 Å². The summed E-state index contributed by atoms with van der Waals surface area (Å²) in [5, 5.41) is 0. The summed E-state index contributed by atoms with van der Waals surface area (Å²) in [4.78, 5) is 3.29. The molecule has 0 unspecified atom stereocenters. The van der Waals surface area contributed by atoms with Gasteiger partial charge in [0.1, 0.15) is 0 Å². The van der Waals surface area contributed by atoms with Crippen molar-refractivity contribution in [1.29, 1.82) is 0 Å². The normalized spacial score (nSPS) is 9.95. The molecule has 20 heavy (non-hydrogen) atoms. The molecule has 0 saturated carbocycles. The quantitative estimate of drug-likeness (QED) is 0.605. The zero-order valence-corrected chi connectivity index (χ0v) is 11.3. The Morgan fingerprint density at radius 2 is 1.75 bits per heavy atom. The molecule has 1 aromatic carbocycles. The van der Waals surface area contributed by atoms with E-state index in [1.807, 2.05) is 24.3 Å². The van der Waals surface area contributed by atoms with Crippen LogP contribution < -0.4 is 0 Å². The second-order valence-electron chi connectivity index (χ2n) is 4.55. The van der Waals surface area contributed by atoms with Gasteiger partial charge in [-0.3, -0.25) is 0 Å². The van der Waals surface area contributed by atoms with Crippen molar-refractivity contribution in [2.45, 2.75) is 26.2 Å². The van der Waals surface area contributed by atoms with E-state index in [0.717, 1.165) is 18.1 Å². The molecule has 0 fully saturated rings. The number of rotatable bonds is 3. The topological polar surface area (TPSA) is 12.9 Å². The highest BCUT2D eigenvalue weighted by atomic mass is 19.2. The van der Waals surface area contributed by atoms with Gasteiger partial charge in [0.2, 0.25) is 5.95 Å². The largest absolute Gasteiger partial charge is 0.248 e. The van der Waals surface area contributed by atoms with Crippen LogP contribution in [0.2, 0.25) is 0 Å². The lowest BCUT2D eigenvalue weighted by molar-refractivity contribution is 0.479. The minimum Gasteiger partial charge on any atom is -0.224 e. The van der Waals surface area contributed by atoms with Crippen LogP contribution in [0, 0.1) is 23.6 Å². The van der Waals surface area contributed by atoms with Crippen LogP contribution in [-0.4, -0.2) is 4.98 Å². The maximum absolute atomic E-state index is 13.0. The summed E-state index contributed by atoms with van der Waals surface area (Å²) in [6, 6.07) is 9.01. The van der Waals surface area contributed by atoms with Crippen LogP contribution in [0.25, 0.3) is 0 Å². The molecule has 1 heterocycles. The van der Waals surface area contributed by atoms with Crippen LogP contribution in [0.1, 0.15) is 36.5 Å². The first-order valence-electron chi connectivity index (χ1n) is 6.61. The third-order valence-electron chi connectivity index (χ3n) is 2.92. The van der Waals surface area contributed by atoms with Gasteiger partial charge in [0, 0.05) is 17.3 Å². The molecule has 0 spiro atoms. The fourth-order valence-corrected chi connectivity index (χ4v) is 1.77. The van der Waals surface area contributed by atoms with Gasteiger partial charge >= 0.3 is 0 Å². The van der Waals surface area contributed by atoms with Crippen molar-refractivity contribution in [2.75, 3.05) is 0 Å². The van der Waals surface area contributed by atoms with Gasteiger partial charge < -0.3 is 0 Å². The minimum absolute atomic E-state index is 0.360. The lowest BCUT2D eigenvalue weighted by atomic mass is 10.1. The van der Waals surface area contributed by atoms with Crippen molar-refractivity contribution >= 4 is 0 Å². The number of aromatic nitrogens is 1. The molecule has 0 bridgehead atoms. The van der Waals surface area contributed by atoms with Gasteiger partial charge in [-0.05, 0) is 36.6 Å². The molecular weight excluding hydrogens is 256 g/mol. The van der Waals surface area contributed by atoms with E-state index in [1.165, 1.54) is 24.6 Å². The Morgan fingerprint density at radius 1 is 1.05 bits per heavy atom. The highest BCUT2D eigenvalue weighted by Crippen LogP contribution is 2.08. The fourth-order valence-electron chi connectivity index (χ4n) is 1.77. The van der Waals surface area contributed by atoms with E-state index in [0.29, 0.717) is 5.56 Å². The molecule has 0 aliphatic heterocycles. The second-order valence-corrected chi connectivity index (χ2v) is 4.55. The number of hydrogen-bond acceptors (Lipinski definition) is 1. The van der Waals surface area contributed by atoms with E-state index in [2.05, 4.69) is 23.7 Å². The Kier molecular flexibility index (Phi) is 4.84. The summed E-state index contributed by atoms with van der Waals surface area (Å²) in [7, 11) is 0. The third kappa shape index (κ3) is 3.89. The fraction of sp³-hybridized carbons (Fsp3) is 0.235. The van der Waals surface area contributed by atoms with Gasteiger partial charge in [-0.25, -0.2) is 9.37 Å². The Bertz CT molecular complexity index is 636. The Morgan fingerprint density at radius 3 is 2.40 bits per heavy atom. The van der Waals surface area contributed by atoms with Crippen molar-refractivity contribution in [3.8, 4) is 11.8 Å². The summed E-state index contributed by atoms with van der Waals surface area (Å²) >= 11 is 0. The number of benzene rings is 1. The second kappa shape index (κ2) is 6.81. The van der Waals surface area contributed by atoms with E-state index >= 15 is 0 Å². The zero-order valence-electron chi connectivity index (χ0n) is 11.3. The molecule has 0 atom stereocenters. The molecule has 0 aliphatic carbocycles. The van der Waals surface area contributed by atoms with Gasteiger partial charge in [0.15, 0.2) is 5.82 Å². The van der Waals surface area contributed by atoms with Crippen LogP contribution >= 0.6 is 0 Å². The molecule has 0 N–H and O–H groups in total. The van der Waals surface area contributed by atoms with E-state index in [1.54, 1.807) is 0 Å². The molecular formula is C17H15F2N. The smallest absolute Gasteiger partial charge is 0.224 e. The zero-order chi connectivity index (χ0) is 14.4. The molecule has 3 heteroatoms. The third-order valence-corrected chi connectivity index (χ3v) is 2.92. The highest BCUT2D eigenvalue weighted by molar-refractivity contribution is 5.42. The van der Waals surface area contributed by atoms with Crippen LogP contribution in [0.5, 0.6) is 0 Å². The summed E-state index contributed by atoms with van der Waals surface area (Å²) in [6.07, 6.45) is 4.63. The summed E-state index contributed by atoms with van der Waals surface area (Å²) in [5.41, 5.74) is 2.49. The predicted octanol–water partition coefficient (Wildman–Crippen LogP) is 4.10. The first-order chi connectivity index (χ1) is 9.69. The van der Waals surface area contributed by atoms with Crippen molar-refractivity contribution in [2.24, 2.45) is 0 Å². The average Bonchev–Trinajstić information content (AvgIpc) is 2.47. The van der Waals surface area contributed by atoms with E-state index < -0.39 is 11.8 Å². The average molecular weight is 271 g/mol. The first kappa shape index (κ1) is 14.2. The summed E-state index contributed by atoms with van der Waals surface area (Å²) in [5.74, 6) is 3.60. The van der Waals surface area contributed by atoms with Crippen LogP contribution in [0.4, 0.5) is 8.78 Å². The van der Waals surface area contributed by atoms with E-state index in [-0.39, 0.29) is 0 Å². The summed E-state index contributed by atoms with van der Waals surface area (Å²) < 4.78 is 25.6. The number of hydrogen-bond donors (Lipinski definition) is 0. The Balaban J connectivity index is 2.10. The molecule has 2 aromatic rings. The number of nitrogens with zero attached hydrogens (tertiary/aromatic N) is 1. The molecule has 1 aromatic heterocycles. The van der Waals surface area contributed by atoms with Crippen molar-refractivity contribution in [3.63, 3.8) is 0 Å². The monoisotopic (exact) mass is 271 g/mol. The van der Waals surface area contributed by atoms with Gasteiger partial charge in [-0.2, -0.15) is 4.39 Å². The van der Waals surface area contributed by atoms with E-state index in [4.69, 9.17) is 0 Å². The standard InChI is InChI=1S/C17H15F2N/c1-2-3-4-13-5-7-14(8-6-13)9-10-15-11-16(18)17(19)20-12-15/h5-8,11-12H,2-4H2,1H3. The molecule has 102 valence electrons. The lowest BCUT2D eigenvalue weighted by Gasteiger charge is -1.99. The van der Waals surface area contributed by atoms with Gasteiger partial charge in [-0.1, -0.05) is 37.3 Å². The van der Waals surface area contributed by atoms with Gasteiger partial charge in [0.25, 0.3) is 0 Å². The Labute approximate surface area is 117 Å². The van der Waals surface area contributed by atoms with Crippen LogP contribution in [0.3, 0.4) is 0 Å². The molecule has 0 radical (unpaired) electrons. The molecule has 2 rings (SSSR count). The number of aryl methyl sites for hydroxylation is 1. The van der Waals surface area contributed by atoms with Crippen LogP contribution in [0.15, 0.2) is 36.5 Å². The lowest BCUT2D eigenvalue weighted by Crippen LogP contribution is -1.90. The predicted molar refractivity (Wildman–Crippen MR) is 75.2 cm³/mol. The minimum atomic E-state index is -1.10. The maximum Gasteiger partial charge on any atom is 0.248 e. The number of pyridine rings is 1. The van der Waals surface area contributed by atoms with Crippen molar-refractivity contribution in [1.82, 2.24) is 4.98 Å². The number of unbranched alkanes of at least 4 members (excludes halogenated alkanes) is 1. The SMILES string of the molecule is CCCCc1ccc(C#Cc2cnc(F)c(F)c2)cc1. The Hall–Kier alpha value is -2.21. The van der Waals surface area contributed by atoms with Crippen LogP contribution in [-0.2, 0) is 6.42 Å². The molecule has 0 amide bonds. The first-order valence-corrected chi connectivity index (χ1v) is 6.61. The summed E-state index contributed by atoms with van der Waals surface area (Å²) in [6.45, 7) is 2.16. The number of halogens is 2. The maximum atomic E-state index is 13.0. The molecule has 1 nitrogen and oxygen atoms in total. The van der Waals surface area contributed by atoms with Crippen molar-refractivity contribution in [3.05, 3.63) is 65.0 Å². The highest BCUT2D eigenvalue weighted by Gasteiger charge is 2.01. The molecule has 0 aliphatic rings. The van der Waals surface area contributed by atoms with Gasteiger partial charge in [0.05, 0.1) is 0 Å². The van der Waals surface area contributed by atoms with E-state index in [9.17, 15) is 8.78 Å².